The van der Waals surface area contributed by atoms with Crippen molar-refractivity contribution in [3.8, 4) is 0 Å². The normalized spacial score (nSPS) is 20.6. The highest BCUT2D eigenvalue weighted by atomic mass is 15.0. The Morgan fingerprint density at radius 3 is 2.47 bits per heavy atom. The molecule has 3 heteroatoms. The highest BCUT2D eigenvalue weighted by Crippen LogP contribution is 2.45. The Bertz CT molecular complexity index is 344. The maximum Gasteiger partial charge on any atom is 0.128 e. The molecule has 0 atom stereocenters. The zero-order valence-corrected chi connectivity index (χ0v) is 8.82. The number of nitrogens with zero attached hydrogens (tertiary/aromatic N) is 1. The van der Waals surface area contributed by atoms with Crippen molar-refractivity contribution in [2.45, 2.75) is 31.7 Å². The van der Waals surface area contributed by atoms with Gasteiger partial charge in [-0.1, -0.05) is 0 Å². The van der Waals surface area contributed by atoms with Crippen molar-refractivity contribution in [1.29, 1.82) is 0 Å². The predicted molar refractivity (Wildman–Crippen MR) is 61.5 cm³/mol. The minimum Gasteiger partial charge on any atom is -0.399 e. The molecule has 1 aromatic rings. The average molecular weight is 203 g/mol. The molecule has 0 radical (unpaired) electrons. The Morgan fingerprint density at radius 1 is 1.27 bits per heavy atom. The van der Waals surface area contributed by atoms with Crippen LogP contribution < -0.4 is 11.1 Å². The van der Waals surface area contributed by atoms with Gasteiger partial charge in [0, 0.05) is 24.0 Å². The molecule has 0 saturated heterocycles. The molecule has 0 unspecified atom stereocenters. The highest BCUT2D eigenvalue weighted by molar-refractivity contribution is 5.49. The first-order valence-corrected chi connectivity index (χ1v) is 5.81. The zero-order chi connectivity index (χ0) is 10.3. The predicted octanol–water partition coefficient (Wildman–Crippen LogP) is 2.26. The van der Waals surface area contributed by atoms with E-state index in [9.17, 15) is 0 Å². The number of rotatable bonds is 4. The summed E-state index contributed by atoms with van der Waals surface area (Å²) < 4.78 is 0. The fraction of sp³-hybridized carbons (Fsp3) is 0.583. The SMILES string of the molecule is Nc1ccnc(NC(C2CC2)C2CC2)c1. The van der Waals surface area contributed by atoms with Gasteiger partial charge in [0.1, 0.15) is 5.82 Å². The van der Waals surface area contributed by atoms with E-state index in [1.807, 2.05) is 12.1 Å². The molecule has 2 fully saturated rings. The number of pyridine rings is 1. The molecule has 2 aliphatic carbocycles. The van der Waals surface area contributed by atoms with E-state index < -0.39 is 0 Å². The van der Waals surface area contributed by atoms with Gasteiger partial charge in [-0.05, 0) is 43.6 Å². The lowest BCUT2D eigenvalue weighted by molar-refractivity contribution is 0.566. The Morgan fingerprint density at radius 2 is 1.93 bits per heavy atom. The van der Waals surface area contributed by atoms with E-state index in [-0.39, 0.29) is 0 Å². The summed E-state index contributed by atoms with van der Waals surface area (Å²) in [5.41, 5.74) is 6.53. The topological polar surface area (TPSA) is 50.9 Å². The number of hydrogen-bond donors (Lipinski definition) is 2. The summed E-state index contributed by atoms with van der Waals surface area (Å²) in [6.45, 7) is 0. The molecule has 3 rings (SSSR count). The van der Waals surface area contributed by atoms with Crippen molar-refractivity contribution >= 4 is 11.5 Å². The Kier molecular flexibility index (Phi) is 2.04. The van der Waals surface area contributed by atoms with Crippen LogP contribution in [0.1, 0.15) is 25.7 Å². The van der Waals surface area contributed by atoms with E-state index in [1.165, 1.54) is 25.7 Å². The monoisotopic (exact) mass is 203 g/mol. The van der Waals surface area contributed by atoms with Crippen LogP contribution in [-0.2, 0) is 0 Å². The number of nitrogens with one attached hydrogen (secondary N) is 1. The number of hydrogen-bond acceptors (Lipinski definition) is 3. The number of nitrogen functional groups attached to an aromatic ring is 1. The first-order chi connectivity index (χ1) is 7.33. The molecule has 1 aromatic heterocycles. The molecule has 80 valence electrons. The Labute approximate surface area is 90.1 Å². The van der Waals surface area contributed by atoms with Crippen LogP contribution in [0.2, 0.25) is 0 Å². The van der Waals surface area contributed by atoms with Crippen molar-refractivity contribution in [1.82, 2.24) is 4.98 Å². The Balaban J connectivity index is 1.71. The average Bonchev–Trinajstić information content (AvgIpc) is 3.07. The van der Waals surface area contributed by atoms with Gasteiger partial charge >= 0.3 is 0 Å². The smallest absolute Gasteiger partial charge is 0.128 e. The van der Waals surface area contributed by atoms with Crippen molar-refractivity contribution in [2.24, 2.45) is 11.8 Å². The van der Waals surface area contributed by atoms with Crippen molar-refractivity contribution in [3.63, 3.8) is 0 Å². The highest BCUT2D eigenvalue weighted by Gasteiger charge is 2.41. The molecule has 0 bridgehead atoms. The molecule has 0 aliphatic heterocycles. The van der Waals surface area contributed by atoms with Gasteiger partial charge in [0.05, 0.1) is 0 Å². The van der Waals surface area contributed by atoms with E-state index in [0.717, 1.165) is 23.3 Å². The summed E-state index contributed by atoms with van der Waals surface area (Å²) in [7, 11) is 0. The number of anilines is 2. The molecule has 0 aromatic carbocycles. The fourth-order valence-corrected chi connectivity index (χ4v) is 2.23. The molecular weight excluding hydrogens is 186 g/mol. The maximum absolute atomic E-state index is 5.74. The van der Waals surface area contributed by atoms with Crippen LogP contribution in [0.3, 0.4) is 0 Å². The summed E-state index contributed by atoms with van der Waals surface area (Å²) in [6.07, 6.45) is 7.31. The van der Waals surface area contributed by atoms with Crippen LogP contribution in [0.25, 0.3) is 0 Å². The summed E-state index contributed by atoms with van der Waals surface area (Å²) in [6, 6.07) is 4.41. The van der Waals surface area contributed by atoms with Crippen LogP contribution in [-0.4, -0.2) is 11.0 Å². The Hall–Kier alpha value is -1.25. The third kappa shape index (κ3) is 2.06. The zero-order valence-electron chi connectivity index (χ0n) is 8.82. The van der Waals surface area contributed by atoms with Gasteiger partial charge in [-0.25, -0.2) is 4.98 Å². The number of aromatic nitrogens is 1. The maximum atomic E-state index is 5.74. The van der Waals surface area contributed by atoms with Crippen molar-refractivity contribution in [2.75, 3.05) is 11.1 Å². The minimum atomic E-state index is 0.652. The van der Waals surface area contributed by atoms with Gasteiger partial charge in [-0.2, -0.15) is 0 Å². The molecular formula is C12H17N3. The molecule has 2 aliphatic rings. The largest absolute Gasteiger partial charge is 0.399 e. The molecule has 15 heavy (non-hydrogen) atoms. The summed E-state index contributed by atoms with van der Waals surface area (Å²) in [5.74, 6) is 2.72. The van der Waals surface area contributed by atoms with Crippen molar-refractivity contribution in [3.05, 3.63) is 18.3 Å². The van der Waals surface area contributed by atoms with Crippen LogP contribution in [0.5, 0.6) is 0 Å². The van der Waals surface area contributed by atoms with E-state index in [2.05, 4.69) is 10.3 Å². The van der Waals surface area contributed by atoms with E-state index in [0.29, 0.717) is 6.04 Å². The summed E-state index contributed by atoms with van der Waals surface area (Å²) in [5, 5.41) is 3.55. The lowest BCUT2D eigenvalue weighted by atomic mass is 10.1. The fourth-order valence-electron chi connectivity index (χ4n) is 2.23. The van der Waals surface area contributed by atoms with Crippen molar-refractivity contribution < 1.29 is 0 Å². The quantitative estimate of drug-likeness (QED) is 0.789. The van der Waals surface area contributed by atoms with E-state index in [4.69, 9.17) is 5.73 Å². The molecule has 0 amide bonds. The lowest BCUT2D eigenvalue weighted by Gasteiger charge is -2.18. The number of nitrogens with two attached hydrogens (primary N) is 1. The first kappa shape index (κ1) is 9.01. The van der Waals surface area contributed by atoms with Gasteiger partial charge in [0.2, 0.25) is 0 Å². The third-order valence-corrected chi connectivity index (χ3v) is 3.36. The van der Waals surface area contributed by atoms with Crippen LogP contribution >= 0.6 is 0 Å². The molecule has 3 N–H and O–H groups in total. The van der Waals surface area contributed by atoms with Gasteiger partial charge in [-0.15, -0.1) is 0 Å². The van der Waals surface area contributed by atoms with Gasteiger partial charge in [0.15, 0.2) is 0 Å². The standard InChI is InChI=1S/C12H17N3/c13-10-5-6-14-11(7-10)15-12(8-1-2-8)9-3-4-9/h5-9,12H,1-4H2,(H3,13,14,15). The van der Waals surface area contributed by atoms with Gasteiger partial charge in [0.25, 0.3) is 0 Å². The molecule has 2 saturated carbocycles. The van der Waals surface area contributed by atoms with Gasteiger partial charge < -0.3 is 11.1 Å². The van der Waals surface area contributed by atoms with Crippen LogP contribution in [0.15, 0.2) is 18.3 Å². The molecule has 3 nitrogen and oxygen atoms in total. The second-order valence-corrected chi connectivity index (χ2v) is 4.82. The second kappa shape index (κ2) is 3.40. The van der Waals surface area contributed by atoms with Gasteiger partial charge in [-0.3, -0.25) is 0 Å². The third-order valence-electron chi connectivity index (χ3n) is 3.36. The molecule has 0 spiro atoms. The van der Waals surface area contributed by atoms with Crippen LogP contribution in [0, 0.1) is 11.8 Å². The molecule has 1 heterocycles. The lowest BCUT2D eigenvalue weighted by Crippen LogP contribution is -2.24. The second-order valence-electron chi connectivity index (χ2n) is 4.82. The van der Waals surface area contributed by atoms with E-state index >= 15 is 0 Å². The summed E-state index contributed by atoms with van der Waals surface area (Å²) >= 11 is 0. The first-order valence-electron chi connectivity index (χ1n) is 5.81. The summed E-state index contributed by atoms with van der Waals surface area (Å²) in [4.78, 5) is 4.31. The van der Waals surface area contributed by atoms with E-state index in [1.54, 1.807) is 6.20 Å². The minimum absolute atomic E-state index is 0.652. The van der Waals surface area contributed by atoms with Crippen LogP contribution in [0.4, 0.5) is 11.5 Å².